The largest absolute Gasteiger partial charge is 0.365 e. The van der Waals surface area contributed by atoms with E-state index in [0.29, 0.717) is 0 Å². The van der Waals surface area contributed by atoms with Gasteiger partial charge in [0.1, 0.15) is 17.1 Å². The molecule has 1 amide bonds. The summed E-state index contributed by atoms with van der Waals surface area (Å²) in [5.74, 6) is -2.02. The van der Waals surface area contributed by atoms with Gasteiger partial charge >= 0.3 is 0 Å². The molecule has 0 unspecified atom stereocenters. The number of carbonyl (C=O) groups is 1. The molecule has 3 N–H and O–H groups in total. The van der Waals surface area contributed by atoms with Crippen molar-refractivity contribution < 1.29 is 13.6 Å². The normalized spacial score (nSPS) is 10.0. The molecule has 0 aliphatic carbocycles. The molecule has 0 saturated carbocycles. The molecule has 0 spiro atoms. The number of nitrogens with two attached hydrogens (primary N) is 1. The summed E-state index contributed by atoms with van der Waals surface area (Å²) >= 11 is 5.82. The van der Waals surface area contributed by atoms with Gasteiger partial charge < -0.3 is 10.3 Å². The van der Waals surface area contributed by atoms with Crippen LogP contribution in [0.25, 0.3) is 0 Å². The SMILES string of the molecule is Cl.N=c1c(C(N)=O)cc(Cl)cn1Cc1cc(F)ccc1F. The highest BCUT2D eigenvalue weighted by Crippen LogP contribution is 2.13. The fourth-order valence-corrected chi connectivity index (χ4v) is 2.00. The lowest BCUT2D eigenvalue weighted by molar-refractivity contribution is 0.0998. The maximum atomic E-state index is 13.6. The van der Waals surface area contributed by atoms with E-state index in [-0.39, 0.29) is 40.6 Å². The number of halogens is 4. The zero-order valence-corrected chi connectivity index (χ0v) is 12.1. The first-order chi connectivity index (χ1) is 9.38. The third-order valence-electron chi connectivity index (χ3n) is 2.72. The van der Waals surface area contributed by atoms with Crippen LogP contribution >= 0.6 is 24.0 Å². The number of hydrogen-bond donors (Lipinski definition) is 2. The third kappa shape index (κ3) is 3.80. The first-order valence-corrected chi connectivity index (χ1v) is 5.94. The number of benzene rings is 1. The zero-order chi connectivity index (χ0) is 14.9. The van der Waals surface area contributed by atoms with E-state index in [1.807, 2.05) is 0 Å². The lowest BCUT2D eigenvalue weighted by Crippen LogP contribution is -2.30. The summed E-state index contributed by atoms with van der Waals surface area (Å²) in [5, 5.41) is 8.01. The van der Waals surface area contributed by atoms with Crippen LogP contribution in [0.15, 0.2) is 30.5 Å². The Morgan fingerprint density at radius 1 is 1.33 bits per heavy atom. The molecule has 0 aliphatic rings. The van der Waals surface area contributed by atoms with E-state index in [1.165, 1.54) is 16.8 Å². The van der Waals surface area contributed by atoms with Crippen LogP contribution in [0.3, 0.4) is 0 Å². The van der Waals surface area contributed by atoms with Gasteiger partial charge in [0.05, 0.1) is 17.1 Å². The van der Waals surface area contributed by atoms with Crippen molar-refractivity contribution >= 4 is 29.9 Å². The summed E-state index contributed by atoms with van der Waals surface area (Å²) in [7, 11) is 0. The molecule has 0 aliphatic heterocycles. The summed E-state index contributed by atoms with van der Waals surface area (Å²) in [4.78, 5) is 11.2. The highest BCUT2D eigenvalue weighted by molar-refractivity contribution is 6.30. The van der Waals surface area contributed by atoms with E-state index in [2.05, 4.69) is 0 Å². The van der Waals surface area contributed by atoms with Crippen molar-refractivity contribution in [3.8, 4) is 0 Å². The number of hydrogen-bond acceptors (Lipinski definition) is 2. The van der Waals surface area contributed by atoms with Crippen molar-refractivity contribution in [2.24, 2.45) is 5.73 Å². The third-order valence-corrected chi connectivity index (χ3v) is 2.92. The molecule has 1 aromatic heterocycles. The minimum Gasteiger partial charge on any atom is -0.365 e. The number of amides is 1. The molecule has 0 radical (unpaired) electrons. The minimum absolute atomic E-state index is 0. The Morgan fingerprint density at radius 2 is 2.00 bits per heavy atom. The van der Waals surface area contributed by atoms with Crippen LogP contribution in [-0.4, -0.2) is 10.5 Å². The molecule has 1 heterocycles. The second kappa shape index (κ2) is 6.69. The van der Waals surface area contributed by atoms with Gasteiger partial charge in [-0.15, -0.1) is 12.4 Å². The number of primary amides is 1. The molecular weight excluding hydrogens is 323 g/mol. The average Bonchev–Trinajstić information content (AvgIpc) is 2.37. The first-order valence-electron chi connectivity index (χ1n) is 5.57. The molecule has 2 aromatic rings. The van der Waals surface area contributed by atoms with E-state index < -0.39 is 17.5 Å². The summed E-state index contributed by atoms with van der Waals surface area (Å²) in [6, 6.07) is 4.27. The minimum atomic E-state index is -0.814. The molecule has 0 bridgehead atoms. The summed E-state index contributed by atoms with van der Waals surface area (Å²) < 4.78 is 27.9. The van der Waals surface area contributed by atoms with Gasteiger partial charge in [0.25, 0.3) is 5.91 Å². The van der Waals surface area contributed by atoms with Gasteiger partial charge in [-0.3, -0.25) is 10.2 Å². The highest BCUT2D eigenvalue weighted by atomic mass is 35.5. The van der Waals surface area contributed by atoms with Crippen molar-refractivity contribution in [1.82, 2.24) is 4.57 Å². The molecule has 0 fully saturated rings. The van der Waals surface area contributed by atoms with Gasteiger partial charge in [0.2, 0.25) is 0 Å². The molecule has 2 rings (SSSR count). The molecule has 112 valence electrons. The molecule has 0 atom stereocenters. The molecular formula is C13H11Cl2F2N3O. The Hall–Kier alpha value is -1.92. The molecule has 8 heteroatoms. The van der Waals surface area contributed by atoms with Crippen LogP contribution in [0.4, 0.5) is 8.78 Å². The monoisotopic (exact) mass is 333 g/mol. The molecule has 4 nitrogen and oxygen atoms in total. The Bertz CT molecular complexity index is 747. The van der Waals surface area contributed by atoms with E-state index in [1.54, 1.807) is 0 Å². The van der Waals surface area contributed by atoms with E-state index in [9.17, 15) is 13.6 Å². The Morgan fingerprint density at radius 3 is 2.62 bits per heavy atom. The van der Waals surface area contributed by atoms with Crippen molar-refractivity contribution in [3.63, 3.8) is 0 Å². The number of aromatic nitrogens is 1. The topological polar surface area (TPSA) is 71.9 Å². The van der Waals surface area contributed by atoms with Crippen LogP contribution < -0.4 is 11.2 Å². The predicted octanol–water partition coefficient (Wildman–Crippen LogP) is 2.47. The van der Waals surface area contributed by atoms with Gasteiger partial charge in [-0.25, -0.2) is 8.78 Å². The van der Waals surface area contributed by atoms with Gasteiger partial charge in [-0.1, -0.05) is 11.6 Å². The summed E-state index contributed by atoms with van der Waals surface area (Å²) in [5.41, 5.74) is 4.87. The van der Waals surface area contributed by atoms with Crippen LogP contribution in [0.5, 0.6) is 0 Å². The standard InChI is InChI=1S/C13H10ClF2N3O.ClH/c14-8-4-10(13(18)20)12(17)19(6-8)5-7-3-9(15)1-2-11(7)16;/h1-4,6,17H,5H2,(H2,18,20);1H. The number of nitrogens with zero attached hydrogens (tertiary/aromatic N) is 1. The number of rotatable bonds is 3. The van der Waals surface area contributed by atoms with Gasteiger partial charge in [-0.05, 0) is 24.3 Å². The van der Waals surface area contributed by atoms with Gasteiger partial charge in [-0.2, -0.15) is 0 Å². The van der Waals surface area contributed by atoms with Gasteiger partial charge in [0, 0.05) is 11.8 Å². The molecule has 21 heavy (non-hydrogen) atoms. The first kappa shape index (κ1) is 17.1. The van der Waals surface area contributed by atoms with Crippen LogP contribution in [0, 0.1) is 17.0 Å². The fourth-order valence-electron chi connectivity index (χ4n) is 1.77. The number of pyridine rings is 1. The van der Waals surface area contributed by atoms with Crippen molar-refractivity contribution in [2.45, 2.75) is 6.54 Å². The molecule has 1 aromatic carbocycles. The lowest BCUT2D eigenvalue weighted by Gasteiger charge is -2.10. The van der Waals surface area contributed by atoms with Crippen molar-refractivity contribution in [1.29, 1.82) is 5.41 Å². The van der Waals surface area contributed by atoms with Crippen molar-refractivity contribution in [2.75, 3.05) is 0 Å². The zero-order valence-electron chi connectivity index (χ0n) is 10.6. The average molecular weight is 334 g/mol. The number of nitrogens with one attached hydrogen (secondary N) is 1. The van der Waals surface area contributed by atoms with Crippen LogP contribution in [0.2, 0.25) is 5.02 Å². The quantitative estimate of drug-likeness (QED) is 0.889. The van der Waals surface area contributed by atoms with E-state index in [0.717, 1.165) is 18.2 Å². The van der Waals surface area contributed by atoms with Crippen molar-refractivity contribution in [3.05, 3.63) is 63.7 Å². The summed E-state index contributed by atoms with van der Waals surface area (Å²) in [6.45, 7) is -0.136. The Balaban J connectivity index is 0.00000220. The van der Waals surface area contributed by atoms with Crippen LogP contribution in [-0.2, 0) is 6.54 Å². The second-order valence-electron chi connectivity index (χ2n) is 4.15. The Labute approximate surface area is 130 Å². The smallest absolute Gasteiger partial charge is 0.252 e. The Kier molecular flexibility index (Phi) is 5.46. The van der Waals surface area contributed by atoms with Crippen LogP contribution in [0.1, 0.15) is 15.9 Å². The maximum absolute atomic E-state index is 13.6. The number of carbonyl (C=O) groups excluding carboxylic acids is 1. The second-order valence-corrected chi connectivity index (χ2v) is 4.58. The van der Waals surface area contributed by atoms with Gasteiger partial charge in [0.15, 0.2) is 0 Å². The lowest BCUT2D eigenvalue weighted by atomic mass is 10.2. The predicted molar refractivity (Wildman–Crippen MR) is 76.5 cm³/mol. The maximum Gasteiger partial charge on any atom is 0.252 e. The summed E-state index contributed by atoms with van der Waals surface area (Å²) in [6.07, 6.45) is 1.35. The molecule has 0 saturated heterocycles. The highest BCUT2D eigenvalue weighted by Gasteiger charge is 2.10. The van der Waals surface area contributed by atoms with E-state index in [4.69, 9.17) is 22.7 Å². The van der Waals surface area contributed by atoms with E-state index >= 15 is 0 Å². The fraction of sp³-hybridized carbons (Fsp3) is 0.0769.